The zero-order valence-corrected chi connectivity index (χ0v) is 29.7. The summed E-state index contributed by atoms with van der Waals surface area (Å²) in [6.07, 6.45) is -5.13. The predicted octanol–water partition coefficient (Wildman–Crippen LogP) is 8.01. The van der Waals surface area contributed by atoms with Gasteiger partial charge in [-0.3, -0.25) is 14.3 Å². The van der Waals surface area contributed by atoms with Crippen LogP contribution in [0.25, 0.3) is 11.1 Å². The van der Waals surface area contributed by atoms with E-state index in [2.05, 4.69) is 21.1 Å². The van der Waals surface area contributed by atoms with Gasteiger partial charge in [-0.1, -0.05) is 19.9 Å². The highest BCUT2D eigenvalue weighted by molar-refractivity contribution is 5.80. The van der Waals surface area contributed by atoms with E-state index in [1.807, 2.05) is 13.8 Å². The van der Waals surface area contributed by atoms with Gasteiger partial charge < -0.3 is 20.6 Å². The lowest BCUT2D eigenvalue weighted by Gasteiger charge is -2.29. The molecule has 54 heavy (non-hydrogen) atoms. The number of alkyl halides is 6. The number of halogens is 9. The van der Waals surface area contributed by atoms with Crippen LogP contribution in [0.4, 0.5) is 39.5 Å². The number of likely N-dealkylation sites (N-methyl/N-ethyl adjacent to an activating group) is 1. The van der Waals surface area contributed by atoms with Crippen LogP contribution in [-0.4, -0.2) is 47.4 Å². The van der Waals surface area contributed by atoms with Gasteiger partial charge in [0.1, 0.15) is 35.1 Å². The summed E-state index contributed by atoms with van der Waals surface area (Å²) < 4.78 is 126. The molecular weight excluding hydrogens is 737 g/mol. The Balaban J connectivity index is 0.000000375. The normalized spacial score (nSPS) is 14.1. The van der Waals surface area contributed by atoms with Gasteiger partial charge in [-0.05, 0) is 62.0 Å². The molecule has 0 aliphatic heterocycles. The summed E-state index contributed by atoms with van der Waals surface area (Å²) in [7, 11) is 3.14. The summed E-state index contributed by atoms with van der Waals surface area (Å²) >= 11 is 0. The Labute approximate surface area is 304 Å². The molecule has 3 N–H and O–H groups in total. The number of nitrogens with one attached hydrogen (secondary N) is 1. The van der Waals surface area contributed by atoms with Crippen LogP contribution in [0.1, 0.15) is 84.6 Å². The smallest absolute Gasteiger partial charge is 0.309 e. The van der Waals surface area contributed by atoms with Crippen LogP contribution < -0.4 is 15.8 Å². The van der Waals surface area contributed by atoms with E-state index in [0.29, 0.717) is 28.7 Å². The van der Waals surface area contributed by atoms with Crippen molar-refractivity contribution in [2.75, 3.05) is 14.1 Å². The van der Waals surface area contributed by atoms with E-state index in [-0.39, 0.29) is 28.8 Å². The van der Waals surface area contributed by atoms with Crippen molar-refractivity contribution in [3.63, 3.8) is 0 Å². The minimum atomic E-state index is -3.80. The summed E-state index contributed by atoms with van der Waals surface area (Å²) in [4.78, 5) is 37.3. The molecule has 1 unspecified atom stereocenters. The molecule has 2 aromatic carbocycles. The van der Waals surface area contributed by atoms with Crippen molar-refractivity contribution in [3.8, 4) is 17.0 Å². The first-order chi connectivity index (χ1) is 25.5. The topological polar surface area (TPSA) is 129 Å². The Hall–Kier alpha value is -5.10. The minimum Gasteiger partial charge on any atom is -0.408 e. The Morgan fingerprint density at radius 1 is 0.944 bits per heavy atom. The maximum Gasteiger partial charge on any atom is 0.309 e. The Bertz CT molecular complexity index is 1880. The molecule has 2 heterocycles. The van der Waals surface area contributed by atoms with Gasteiger partial charge in [0.2, 0.25) is 5.88 Å². The highest BCUT2D eigenvalue weighted by Crippen LogP contribution is 2.52. The van der Waals surface area contributed by atoms with Crippen molar-refractivity contribution >= 4 is 18.5 Å². The van der Waals surface area contributed by atoms with Crippen LogP contribution in [0.5, 0.6) is 5.88 Å². The number of ether oxygens (including phenoxy) is 1. The van der Waals surface area contributed by atoms with E-state index in [9.17, 15) is 53.9 Å². The highest BCUT2D eigenvalue weighted by atomic mass is 19.3. The number of carbonyl (C=O) groups excluding carboxylic acids is 3. The van der Waals surface area contributed by atoms with E-state index >= 15 is 0 Å². The SMILES string of the molecule is CC.CN.CNC(Cc1cc(F)cc(F)c1)c1nc(OC(C)=O)ccc1-c1ccc(F)c(C=O)c1.O=CCn1nc(C(F)F)c2c1C(F)(F)CCC2(F)F. The molecule has 0 fully saturated rings. The number of aldehydes is 2. The van der Waals surface area contributed by atoms with Crippen LogP contribution in [0.15, 0.2) is 48.5 Å². The molecule has 0 saturated carbocycles. The first-order valence-corrected chi connectivity index (χ1v) is 16.2. The number of benzene rings is 2. The van der Waals surface area contributed by atoms with Crippen LogP contribution in [0.2, 0.25) is 0 Å². The summed E-state index contributed by atoms with van der Waals surface area (Å²) in [6, 6.07) is 9.79. The second-order valence-corrected chi connectivity index (χ2v) is 11.0. The number of carbonyl (C=O) groups is 3. The van der Waals surface area contributed by atoms with Gasteiger partial charge in [-0.2, -0.15) is 13.9 Å². The van der Waals surface area contributed by atoms with Crippen molar-refractivity contribution in [1.82, 2.24) is 20.1 Å². The molecule has 0 spiro atoms. The fourth-order valence-electron chi connectivity index (χ4n) is 5.40. The summed E-state index contributed by atoms with van der Waals surface area (Å²) in [5, 5.41) is 6.09. The highest BCUT2D eigenvalue weighted by Gasteiger charge is 2.54. The largest absolute Gasteiger partial charge is 0.408 e. The van der Waals surface area contributed by atoms with Crippen LogP contribution in [-0.2, 0) is 34.4 Å². The number of hydrogen-bond acceptors (Lipinski definition) is 8. The molecule has 2 aromatic heterocycles. The Kier molecular flexibility index (Phi) is 16.5. The van der Waals surface area contributed by atoms with E-state index in [1.165, 1.54) is 50.4 Å². The molecule has 5 rings (SSSR count). The lowest BCUT2D eigenvalue weighted by atomic mass is 9.89. The van der Waals surface area contributed by atoms with Crippen LogP contribution in [0.3, 0.4) is 0 Å². The lowest BCUT2D eigenvalue weighted by molar-refractivity contribution is -0.132. The average Bonchev–Trinajstić information content (AvgIpc) is 3.54. The third-order valence-electron chi connectivity index (χ3n) is 7.52. The van der Waals surface area contributed by atoms with E-state index in [0.717, 1.165) is 6.07 Å². The van der Waals surface area contributed by atoms with E-state index < -0.39 is 84.1 Å². The van der Waals surface area contributed by atoms with E-state index in [1.54, 1.807) is 13.1 Å². The van der Waals surface area contributed by atoms with Crippen LogP contribution >= 0.6 is 0 Å². The minimum absolute atomic E-state index is 0.0367. The van der Waals surface area contributed by atoms with Crippen molar-refractivity contribution < 1.29 is 58.6 Å². The number of fused-ring (bicyclic) bond motifs is 1. The van der Waals surface area contributed by atoms with E-state index in [4.69, 9.17) is 4.74 Å². The number of pyridine rings is 1. The molecule has 0 amide bonds. The second kappa shape index (κ2) is 19.8. The van der Waals surface area contributed by atoms with Crippen molar-refractivity contribution in [1.29, 1.82) is 0 Å². The summed E-state index contributed by atoms with van der Waals surface area (Å²) in [6.45, 7) is 4.46. The zero-order chi connectivity index (χ0) is 41.0. The standard InChI is InChI=1S/C23H19F3N2O3.C10H8F6N2O.C2H6.CH5N/c1-13(30)31-22-6-4-19(15-3-5-20(26)16(10-15)12-29)23(28-22)21(27-2)9-14-7-17(24)11-18(25)8-14;11-8(12)6-5-7(18(17-6)3-4-19)10(15,16)2-1-9(5,13)14;2*1-2/h3-8,10-12,21,27H,9H2,1-2H3;4,8H,1-3H2;1-2H3;2H2,1H3. The third kappa shape index (κ3) is 11.0. The zero-order valence-electron chi connectivity index (χ0n) is 29.7. The number of esters is 1. The number of aromatic nitrogens is 3. The molecular formula is C36H38F9N5O4. The number of rotatable bonds is 10. The summed E-state index contributed by atoms with van der Waals surface area (Å²) in [5.41, 5.74) is 2.08. The van der Waals surface area contributed by atoms with Gasteiger partial charge in [0.15, 0.2) is 6.29 Å². The predicted molar refractivity (Wildman–Crippen MR) is 180 cm³/mol. The molecule has 0 bridgehead atoms. The van der Waals surface area contributed by atoms with Crippen molar-refractivity contribution in [2.24, 2.45) is 5.73 Å². The average molecular weight is 776 g/mol. The number of nitrogens with zero attached hydrogens (tertiary/aromatic N) is 3. The molecule has 9 nitrogen and oxygen atoms in total. The molecule has 1 aliphatic rings. The fourth-order valence-corrected chi connectivity index (χ4v) is 5.40. The van der Waals surface area contributed by atoms with Gasteiger partial charge >= 0.3 is 5.97 Å². The second-order valence-electron chi connectivity index (χ2n) is 11.0. The van der Waals surface area contributed by atoms with Crippen molar-refractivity contribution in [3.05, 3.63) is 99.8 Å². The lowest BCUT2D eigenvalue weighted by Crippen LogP contribution is -2.32. The number of nitrogens with two attached hydrogens (primary N) is 1. The quantitative estimate of drug-likeness (QED) is 0.0943. The van der Waals surface area contributed by atoms with Gasteiger partial charge in [-0.15, -0.1) is 0 Å². The molecule has 18 heteroatoms. The number of hydrogen-bond donors (Lipinski definition) is 2. The molecule has 4 aromatic rings. The third-order valence-corrected chi connectivity index (χ3v) is 7.52. The van der Waals surface area contributed by atoms with Gasteiger partial charge in [0.25, 0.3) is 18.3 Å². The first kappa shape index (κ1) is 45.1. The van der Waals surface area contributed by atoms with Gasteiger partial charge in [0, 0.05) is 37.5 Å². The molecule has 0 saturated heterocycles. The first-order valence-electron chi connectivity index (χ1n) is 16.2. The molecule has 1 atom stereocenters. The maximum atomic E-state index is 13.8. The Morgan fingerprint density at radius 3 is 2.09 bits per heavy atom. The monoisotopic (exact) mass is 775 g/mol. The molecule has 1 aliphatic carbocycles. The maximum absolute atomic E-state index is 13.8. The molecule has 294 valence electrons. The van der Waals surface area contributed by atoms with Gasteiger partial charge in [-0.25, -0.2) is 35.7 Å². The molecule has 0 radical (unpaired) electrons. The Morgan fingerprint density at radius 2 is 1.56 bits per heavy atom. The fraction of sp³-hybridized carbons (Fsp3) is 0.361. The summed E-state index contributed by atoms with van der Waals surface area (Å²) in [5.74, 6) is -10.1. The van der Waals surface area contributed by atoms with Gasteiger partial charge in [0.05, 0.1) is 29.4 Å². The van der Waals surface area contributed by atoms with Crippen LogP contribution in [0, 0.1) is 17.5 Å². The van der Waals surface area contributed by atoms with Crippen molar-refractivity contribution in [2.45, 2.75) is 70.9 Å².